The lowest BCUT2D eigenvalue weighted by molar-refractivity contribution is -0.0591. The number of pyridine rings is 1. The summed E-state index contributed by atoms with van der Waals surface area (Å²) >= 11 is 0. The minimum Gasteiger partial charge on any atom is -0.473 e. The number of rotatable bonds is 14. The quantitative estimate of drug-likeness (QED) is 0.144. The Bertz CT molecular complexity index is 1870. The van der Waals surface area contributed by atoms with Crippen molar-refractivity contribution in [3.05, 3.63) is 88.6 Å². The van der Waals surface area contributed by atoms with Gasteiger partial charge in [0.05, 0.1) is 60.1 Å². The monoisotopic (exact) mass is 712 g/mol. The summed E-state index contributed by atoms with van der Waals surface area (Å²) in [6.45, 7) is 18.5. The van der Waals surface area contributed by atoms with Gasteiger partial charge in [0.15, 0.2) is 0 Å². The number of nitrogens with one attached hydrogen (secondary N) is 1. The average Bonchev–Trinajstić information content (AvgIpc) is 3.66. The van der Waals surface area contributed by atoms with E-state index in [4.69, 9.17) is 29.4 Å². The van der Waals surface area contributed by atoms with Crippen LogP contribution in [0.5, 0.6) is 5.88 Å². The molecule has 0 saturated carbocycles. The van der Waals surface area contributed by atoms with E-state index >= 15 is 0 Å². The first-order chi connectivity index (χ1) is 25.0. The van der Waals surface area contributed by atoms with E-state index in [9.17, 15) is 9.18 Å². The predicted octanol–water partition coefficient (Wildman–Crippen LogP) is 7.40. The number of amides is 1. The van der Waals surface area contributed by atoms with Gasteiger partial charge in [0, 0.05) is 48.5 Å². The van der Waals surface area contributed by atoms with Gasteiger partial charge in [-0.1, -0.05) is 39.8 Å². The summed E-state index contributed by atoms with van der Waals surface area (Å²) in [5.41, 5.74) is 3.41. The molecule has 2 aromatic heterocycles. The van der Waals surface area contributed by atoms with Crippen LogP contribution in [0.1, 0.15) is 100 Å². The van der Waals surface area contributed by atoms with Crippen molar-refractivity contribution in [2.75, 3.05) is 26.3 Å². The van der Waals surface area contributed by atoms with Crippen molar-refractivity contribution in [2.45, 2.75) is 105 Å². The summed E-state index contributed by atoms with van der Waals surface area (Å²) in [6, 6.07) is 17.8. The number of likely N-dealkylation sites (tertiary alicyclic amines) is 1. The molecule has 2 aliphatic heterocycles. The molecule has 4 unspecified atom stereocenters. The lowest BCUT2D eigenvalue weighted by atomic mass is 9.94. The van der Waals surface area contributed by atoms with Crippen LogP contribution in [0, 0.1) is 23.1 Å². The van der Waals surface area contributed by atoms with Gasteiger partial charge in [0.2, 0.25) is 5.88 Å². The van der Waals surface area contributed by atoms with Gasteiger partial charge in [-0.05, 0) is 75.9 Å². The molecule has 2 saturated heterocycles. The number of hydrogen-bond donors (Lipinski definition) is 1. The summed E-state index contributed by atoms with van der Waals surface area (Å²) in [5, 5.41) is 12.2. The number of imidazole rings is 1. The molecule has 4 atom stereocenters. The van der Waals surface area contributed by atoms with Crippen LogP contribution in [0.15, 0.2) is 54.6 Å². The van der Waals surface area contributed by atoms with Gasteiger partial charge in [-0.3, -0.25) is 9.69 Å². The number of nitrogens with zero attached hydrogens (tertiary/aromatic N) is 5. The van der Waals surface area contributed by atoms with Gasteiger partial charge in [0.25, 0.3) is 5.91 Å². The number of nitriles is 1. The maximum atomic E-state index is 14.4. The van der Waals surface area contributed by atoms with Crippen LogP contribution in [0.3, 0.4) is 0 Å². The Labute approximate surface area is 307 Å². The molecule has 0 spiro atoms. The molecule has 10 nitrogen and oxygen atoms in total. The molecular weight excluding hydrogens is 659 g/mol. The van der Waals surface area contributed by atoms with E-state index in [1.54, 1.807) is 18.2 Å². The molecule has 6 rings (SSSR count). The lowest BCUT2D eigenvalue weighted by Gasteiger charge is -2.28. The Hall–Kier alpha value is -4.37. The maximum absolute atomic E-state index is 14.4. The molecular formula is C41H53FN6O4. The molecule has 2 aliphatic rings. The fraction of sp³-hybridized carbons (Fsp3) is 0.512. The number of halogens is 1. The van der Waals surface area contributed by atoms with Crippen LogP contribution < -0.4 is 10.1 Å². The molecule has 2 aromatic carbocycles. The zero-order chi connectivity index (χ0) is 37.4. The highest BCUT2D eigenvalue weighted by Crippen LogP contribution is 2.34. The van der Waals surface area contributed by atoms with Crippen LogP contribution in [0.25, 0.3) is 11.0 Å². The van der Waals surface area contributed by atoms with Crippen LogP contribution in [0.4, 0.5) is 4.39 Å². The van der Waals surface area contributed by atoms with Gasteiger partial charge >= 0.3 is 0 Å². The molecule has 11 heteroatoms. The van der Waals surface area contributed by atoms with Gasteiger partial charge in [-0.2, -0.15) is 5.26 Å². The minimum absolute atomic E-state index is 0.0229. The van der Waals surface area contributed by atoms with Crippen molar-refractivity contribution in [3.8, 4) is 11.9 Å². The highest BCUT2D eigenvalue weighted by Gasteiger charge is 2.33. The molecule has 4 heterocycles. The third kappa shape index (κ3) is 9.54. The fourth-order valence-electron chi connectivity index (χ4n) is 6.54. The summed E-state index contributed by atoms with van der Waals surface area (Å²) in [5.74, 6) is 1.28. The highest BCUT2D eigenvalue weighted by molar-refractivity contribution is 5.97. The fourth-order valence-corrected chi connectivity index (χ4v) is 6.54. The number of aromatic nitrogens is 3. The first-order valence-corrected chi connectivity index (χ1v) is 18.6. The Balaban J connectivity index is 0.00000257. The SMILES string of the molecule is CC.CCC(C)OCC(C)(C)NC(=O)c1ccc2nc(CN3CC(C)C(c4cccc(OCc5ccc(C#N)cc5F)n4)C3)n(CC3CCO3)c2c1. The molecule has 4 aromatic rings. The number of carbonyl (C=O) groups is 1. The molecule has 1 N–H and O–H groups in total. The number of hydrogen-bond acceptors (Lipinski definition) is 8. The number of ether oxygens (including phenoxy) is 3. The lowest BCUT2D eigenvalue weighted by Crippen LogP contribution is -2.47. The second-order valence-corrected chi connectivity index (χ2v) is 14.4. The third-order valence-electron chi connectivity index (χ3n) is 9.76. The van der Waals surface area contributed by atoms with E-state index in [0.29, 0.717) is 42.6 Å². The standard InChI is InChI=1S/C39H47FN6O4.C2H6/c1-6-26(3)50-24-39(4,5)44-38(47)28-12-13-34-35(17-28)46(20-30-14-15-48-30)36(42-34)22-45-19-25(2)31(21-45)33-8-7-9-37(43-33)49-23-29-11-10-27(18-41)16-32(29)40;1-2/h7-13,16-17,25-26,30-31H,6,14-15,19-24H2,1-5H3,(H,44,47);1-2H3. The first-order valence-electron chi connectivity index (χ1n) is 18.6. The number of carbonyl (C=O) groups excluding carboxylic acids is 1. The number of benzene rings is 2. The van der Waals surface area contributed by atoms with Crippen LogP contribution in [0.2, 0.25) is 0 Å². The van der Waals surface area contributed by atoms with Gasteiger partial charge in [0.1, 0.15) is 18.2 Å². The first kappa shape index (κ1) is 38.9. The zero-order valence-electron chi connectivity index (χ0n) is 31.6. The largest absolute Gasteiger partial charge is 0.473 e. The van der Waals surface area contributed by atoms with Crippen molar-refractivity contribution < 1.29 is 23.4 Å². The van der Waals surface area contributed by atoms with E-state index in [1.807, 2.05) is 71.0 Å². The zero-order valence-corrected chi connectivity index (χ0v) is 31.6. The van der Waals surface area contributed by atoms with Crippen molar-refractivity contribution in [3.63, 3.8) is 0 Å². The van der Waals surface area contributed by atoms with Crippen LogP contribution in [-0.4, -0.2) is 69.4 Å². The molecule has 278 valence electrons. The third-order valence-corrected chi connectivity index (χ3v) is 9.76. The highest BCUT2D eigenvalue weighted by atomic mass is 19.1. The smallest absolute Gasteiger partial charge is 0.251 e. The summed E-state index contributed by atoms with van der Waals surface area (Å²) in [6.07, 6.45) is 2.16. The Morgan fingerprint density at radius 1 is 1.15 bits per heavy atom. The Morgan fingerprint density at radius 3 is 2.63 bits per heavy atom. The number of fused-ring (bicyclic) bond motifs is 1. The Morgan fingerprint density at radius 2 is 1.94 bits per heavy atom. The normalized spacial score (nSPS) is 19.3. The van der Waals surface area contributed by atoms with E-state index in [-0.39, 0.29) is 36.2 Å². The molecule has 0 bridgehead atoms. The van der Waals surface area contributed by atoms with Crippen LogP contribution in [-0.2, 0) is 29.2 Å². The van der Waals surface area contributed by atoms with E-state index < -0.39 is 11.4 Å². The van der Waals surface area contributed by atoms with Crippen molar-refractivity contribution in [2.24, 2.45) is 5.92 Å². The summed E-state index contributed by atoms with van der Waals surface area (Å²) in [7, 11) is 0. The van der Waals surface area contributed by atoms with Gasteiger partial charge in [-0.15, -0.1) is 0 Å². The molecule has 0 aliphatic carbocycles. The Kier molecular flexibility index (Phi) is 13.0. The van der Waals surface area contributed by atoms with Crippen molar-refractivity contribution >= 4 is 16.9 Å². The average molecular weight is 713 g/mol. The van der Waals surface area contributed by atoms with Gasteiger partial charge < -0.3 is 24.1 Å². The predicted molar refractivity (Wildman–Crippen MR) is 200 cm³/mol. The topological polar surface area (TPSA) is 115 Å². The van der Waals surface area contributed by atoms with E-state index in [2.05, 4.69) is 28.6 Å². The summed E-state index contributed by atoms with van der Waals surface area (Å²) in [4.78, 5) is 25.7. The molecule has 52 heavy (non-hydrogen) atoms. The molecule has 1 amide bonds. The van der Waals surface area contributed by atoms with Crippen molar-refractivity contribution in [1.29, 1.82) is 5.26 Å². The minimum atomic E-state index is -0.521. The van der Waals surface area contributed by atoms with Gasteiger partial charge in [-0.25, -0.2) is 14.4 Å². The second-order valence-electron chi connectivity index (χ2n) is 14.4. The molecule has 0 radical (unpaired) electrons. The van der Waals surface area contributed by atoms with E-state index in [0.717, 1.165) is 55.1 Å². The van der Waals surface area contributed by atoms with Crippen molar-refractivity contribution in [1.82, 2.24) is 24.8 Å². The second kappa shape index (κ2) is 17.4. The maximum Gasteiger partial charge on any atom is 0.251 e. The molecule has 2 fully saturated rings. The summed E-state index contributed by atoms with van der Waals surface area (Å²) < 4.78 is 34.3. The van der Waals surface area contributed by atoms with Crippen LogP contribution >= 0.6 is 0 Å². The van der Waals surface area contributed by atoms with E-state index in [1.165, 1.54) is 6.07 Å².